The second-order valence-corrected chi connectivity index (χ2v) is 10.2. The molecule has 0 radical (unpaired) electrons. The van der Waals surface area contributed by atoms with Crippen LogP contribution in [0.2, 0.25) is 0 Å². The van der Waals surface area contributed by atoms with Crippen LogP contribution in [0.4, 0.5) is 11.4 Å². The van der Waals surface area contributed by atoms with Gasteiger partial charge in [-0.05, 0) is 62.6 Å². The Balaban J connectivity index is 1.50. The zero-order chi connectivity index (χ0) is 24.2. The van der Waals surface area contributed by atoms with Gasteiger partial charge in [-0.1, -0.05) is 33.6 Å². The molecule has 2 amide bonds. The largest absolute Gasteiger partial charge is 0.335 e. The maximum Gasteiger partial charge on any atom is 0.256 e. The van der Waals surface area contributed by atoms with Gasteiger partial charge in [0.05, 0.1) is 12.1 Å². The van der Waals surface area contributed by atoms with Crippen molar-refractivity contribution in [3.8, 4) is 0 Å². The number of piperazine rings is 1. The summed E-state index contributed by atoms with van der Waals surface area (Å²) in [6.07, 6.45) is 0.0418. The summed E-state index contributed by atoms with van der Waals surface area (Å²) in [5, 5.41) is 3.37. The fraction of sp³-hybridized carbons (Fsp3) is 0.400. The third-order valence-electron chi connectivity index (χ3n) is 6.37. The summed E-state index contributed by atoms with van der Waals surface area (Å²) in [6, 6.07) is 14.5. The van der Waals surface area contributed by atoms with Crippen molar-refractivity contribution in [3.63, 3.8) is 0 Å². The second-order valence-electron chi connectivity index (χ2n) is 8.91. The van der Waals surface area contributed by atoms with E-state index >= 15 is 0 Å². The van der Waals surface area contributed by atoms with Crippen molar-refractivity contribution in [1.82, 2.24) is 14.7 Å². The van der Waals surface area contributed by atoms with Crippen LogP contribution in [0.15, 0.2) is 53.0 Å². The predicted molar refractivity (Wildman–Crippen MR) is 143 cm³/mol. The first kappa shape index (κ1) is 24.8. The molecule has 1 atom stereocenters. The number of likely N-dealkylation sites (N-methyl/N-ethyl adjacent to an activating group) is 1. The third kappa shape index (κ3) is 5.83. The second kappa shape index (κ2) is 10.9. The zero-order valence-corrected chi connectivity index (χ0v) is 21.9. The van der Waals surface area contributed by atoms with Crippen LogP contribution in [0.1, 0.15) is 12.0 Å². The molecule has 2 aliphatic heterocycles. The molecule has 0 aromatic heterocycles. The molecule has 7 nitrogen and oxygen atoms in total. The number of nitrogens with one attached hydrogen (secondary N) is 1. The SMILES string of the molecule is Cc1ccc(N2C(=O)[C@H](CC(=O)Nc3ccc(Br)cc3)N(CCN3CCN(C)CC3)C2=S)cc1. The van der Waals surface area contributed by atoms with E-state index in [-0.39, 0.29) is 18.2 Å². The van der Waals surface area contributed by atoms with Crippen LogP contribution < -0.4 is 10.2 Å². The number of amides is 2. The third-order valence-corrected chi connectivity index (χ3v) is 7.32. The Morgan fingerprint density at radius 3 is 2.32 bits per heavy atom. The quantitative estimate of drug-likeness (QED) is 0.540. The van der Waals surface area contributed by atoms with Crippen LogP contribution in [0.5, 0.6) is 0 Å². The van der Waals surface area contributed by atoms with Crippen molar-refractivity contribution in [2.24, 2.45) is 0 Å². The lowest BCUT2D eigenvalue weighted by Crippen LogP contribution is -2.48. The number of carbonyl (C=O) groups is 2. The molecule has 0 aliphatic carbocycles. The summed E-state index contributed by atoms with van der Waals surface area (Å²) >= 11 is 9.18. The van der Waals surface area contributed by atoms with Gasteiger partial charge in [-0.2, -0.15) is 0 Å². The molecule has 34 heavy (non-hydrogen) atoms. The minimum Gasteiger partial charge on any atom is -0.335 e. The number of halogens is 1. The van der Waals surface area contributed by atoms with Crippen LogP contribution in [0, 0.1) is 6.92 Å². The van der Waals surface area contributed by atoms with E-state index in [9.17, 15) is 9.59 Å². The molecule has 0 unspecified atom stereocenters. The highest BCUT2D eigenvalue weighted by Gasteiger charge is 2.44. The molecule has 1 N–H and O–H groups in total. The average molecular weight is 545 g/mol. The fourth-order valence-electron chi connectivity index (χ4n) is 4.26. The number of hydrogen-bond donors (Lipinski definition) is 1. The van der Waals surface area contributed by atoms with Gasteiger partial charge in [-0.25, -0.2) is 0 Å². The normalized spacial score (nSPS) is 19.7. The molecule has 0 bridgehead atoms. The molecular formula is C25H30BrN5O2S. The number of hydrogen-bond acceptors (Lipinski definition) is 5. The van der Waals surface area contributed by atoms with Gasteiger partial charge in [0.15, 0.2) is 5.11 Å². The van der Waals surface area contributed by atoms with Crippen LogP contribution in [0.3, 0.4) is 0 Å². The highest BCUT2D eigenvalue weighted by molar-refractivity contribution is 9.10. The van der Waals surface area contributed by atoms with Crippen molar-refractivity contribution in [1.29, 1.82) is 0 Å². The van der Waals surface area contributed by atoms with E-state index in [2.05, 4.69) is 38.1 Å². The molecular weight excluding hydrogens is 514 g/mol. The van der Waals surface area contributed by atoms with Gasteiger partial charge >= 0.3 is 0 Å². The Kier molecular flexibility index (Phi) is 7.98. The van der Waals surface area contributed by atoms with E-state index in [0.29, 0.717) is 17.3 Å². The summed E-state index contributed by atoms with van der Waals surface area (Å²) in [5.41, 5.74) is 2.54. The maximum absolute atomic E-state index is 13.5. The van der Waals surface area contributed by atoms with Crippen LogP contribution in [-0.2, 0) is 9.59 Å². The first-order chi connectivity index (χ1) is 16.3. The smallest absolute Gasteiger partial charge is 0.256 e. The van der Waals surface area contributed by atoms with E-state index in [0.717, 1.165) is 48.4 Å². The highest BCUT2D eigenvalue weighted by atomic mass is 79.9. The Morgan fingerprint density at radius 1 is 1.03 bits per heavy atom. The minimum absolute atomic E-state index is 0.0418. The number of rotatable bonds is 7. The number of thiocarbonyl (C=S) groups is 1. The van der Waals surface area contributed by atoms with Gasteiger partial charge < -0.3 is 15.1 Å². The molecule has 2 aliphatic rings. The lowest BCUT2D eigenvalue weighted by atomic mass is 10.1. The Labute approximate surface area is 214 Å². The first-order valence-corrected chi connectivity index (χ1v) is 12.7. The van der Waals surface area contributed by atoms with E-state index in [1.165, 1.54) is 0 Å². The van der Waals surface area contributed by atoms with Crippen molar-refractivity contribution < 1.29 is 9.59 Å². The molecule has 2 fully saturated rings. The summed E-state index contributed by atoms with van der Waals surface area (Å²) in [6.45, 7) is 7.44. The Morgan fingerprint density at radius 2 is 1.68 bits per heavy atom. The van der Waals surface area contributed by atoms with E-state index < -0.39 is 6.04 Å². The predicted octanol–water partition coefficient (Wildman–Crippen LogP) is 3.34. The summed E-state index contributed by atoms with van der Waals surface area (Å²) in [7, 11) is 2.13. The average Bonchev–Trinajstić information content (AvgIpc) is 3.04. The van der Waals surface area contributed by atoms with Gasteiger partial charge in [0.2, 0.25) is 5.91 Å². The molecule has 9 heteroatoms. The van der Waals surface area contributed by atoms with Gasteiger partial charge in [-0.3, -0.25) is 19.4 Å². The van der Waals surface area contributed by atoms with Gasteiger partial charge in [0.25, 0.3) is 5.91 Å². The molecule has 4 rings (SSSR count). The van der Waals surface area contributed by atoms with E-state index in [1.807, 2.05) is 60.4 Å². The topological polar surface area (TPSA) is 59.1 Å². The van der Waals surface area contributed by atoms with Crippen molar-refractivity contribution in [2.45, 2.75) is 19.4 Å². The number of nitrogens with zero attached hydrogens (tertiary/aromatic N) is 4. The number of benzene rings is 2. The molecule has 0 saturated carbocycles. The van der Waals surface area contributed by atoms with Gasteiger partial charge in [0.1, 0.15) is 6.04 Å². The maximum atomic E-state index is 13.5. The molecule has 2 heterocycles. The van der Waals surface area contributed by atoms with Crippen LogP contribution in [0.25, 0.3) is 0 Å². The number of carbonyl (C=O) groups excluding carboxylic acids is 2. The molecule has 2 aromatic carbocycles. The van der Waals surface area contributed by atoms with Crippen LogP contribution >= 0.6 is 28.1 Å². The lowest BCUT2D eigenvalue weighted by molar-refractivity contribution is -0.124. The summed E-state index contributed by atoms with van der Waals surface area (Å²) < 4.78 is 0.936. The zero-order valence-electron chi connectivity index (χ0n) is 19.5. The number of aryl methyl sites for hydroxylation is 1. The standard InChI is InChI=1S/C25H30BrN5O2S/c1-18-3-9-21(10-4-18)31-24(33)22(17-23(32)27-20-7-5-19(26)6-8-20)30(25(31)34)16-15-29-13-11-28(2)12-14-29/h3-10,22H,11-17H2,1-2H3,(H,27,32)/t22-/m0/s1. The fourth-order valence-corrected chi connectivity index (χ4v) is 4.94. The summed E-state index contributed by atoms with van der Waals surface area (Å²) in [4.78, 5) is 34.6. The van der Waals surface area contributed by atoms with Gasteiger partial charge in [0, 0.05) is 49.4 Å². The molecule has 2 saturated heterocycles. The molecule has 2 aromatic rings. The molecule has 180 valence electrons. The van der Waals surface area contributed by atoms with E-state index in [1.54, 1.807) is 4.90 Å². The highest BCUT2D eigenvalue weighted by Crippen LogP contribution is 2.28. The minimum atomic E-state index is -0.628. The summed E-state index contributed by atoms with van der Waals surface area (Å²) in [5.74, 6) is -0.364. The molecule has 0 spiro atoms. The van der Waals surface area contributed by atoms with Crippen molar-refractivity contribution in [2.75, 3.05) is 56.5 Å². The van der Waals surface area contributed by atoms with Gasteiger partial charge in [-0.15, -0.1) is 0 Å². The first-order valence-electron chi connectivity index (χ1n) is 11.5. The van der Waals surface area contributed by atoms with E-state index in [4.69, 9.17) is 12.2 Å². The Hall–Kier alpha value is -2.33. The number of anilines is 2. The van der Waals surface area contributed by atoms with Crippen LogP contribution in [-0.4, -0.2) is 84.0 Å². The Bertz CT molecular complexity index is 1040. The lowest BCUT2D eigenvalue weighted by Gasteiger charge is -2.34. The monoisotopic (exact) mass is 543 g/mol. The van der Waals surface area contributed by atoms with Crippen molar-refractivity contribution >= 4 is 56.4 Å². The van der Waals surface area contributed by atoms with Crippen molar-refractivity contribution in [3.05, 3.63) is 58.6 Å².